The van der Waals surface area contributed by atoms with Crippen LogP contribution in [0.5, 0.6) is 5.75 Å². The lowest BCUT2D eigenvalue weighted by atomic mass is 10.3. The van der Waals surface area contributed by atoms with E-state index in [1.165, 1.54) is 42.5 Å². The number of nitrogens with one attached hydrogen (secondary N) is 1. The number of thioether (sulfide) groups is 1. The quantitative estimate of drug-likeness (QED) is 0.240. The molecule has 174 valence electrons. The molecule has 0 saturated carbocycles. The van der Waals surface area contributed by atoms with Crippen molar-refractivity contribution in [1.82, 2.24) is 14.8 Å². The Morgan fingerprint density at radius 3 is 2.58 bits per heavy atom. The van der Waals surface area contributed by atoms with Crippen molar-refractivity contribution in [1.29, 1.82) is 0 Å². The topological polar surface area (TPSA) is 112 Å². The molecule has 0 fully saturated rings. The number of ether oxygens (including phenoxy) is 1. The van der Waals surface area contributed by atoms with Gasteiger partial charge in [-0.15, -0.1) is 10.2 Å². The lowest BCUT2D eigenvalue weighted by Crippen LogP contribution is -2.17. The summed E-state index contributed by atoms with van der Waals surface area (Å²) in [5, 5.41) is 22.6. The Bertz CT molecular complexity index is 1160. The summed E-state index contributed by atoms with van der Waals surface area (Å²) in [4.78, 5) is 22.8. The summed E-state index contributed by atoms with van der Waals surface area (Å²) >= 11 is 7.20. The van der Waals surface area contributed by atoms with Crippen LogP contribution in [0.15, 0.2) is 47.6 Å². The summed E-state index contributed by atoms with van der Waals surface area (Å²) in [6, 6.07) is 9.47. The number of rotatable bonds is 9. The number of nitrogens with zero attached hydrogens (tertiary/aromatic N) is 4. The lowest BCUT2D eigenvalue weighted by Gasteiger charge is -2.18. The molecule has 0 aliphatic rings. The van der Waals surface area contributed by atoms with Crippen molar-refractivity contribution in [3.05, 3.63) is 69.2 Å². The maximum Gasteiger partial charge on any atom is 0.271 e. The van der Waals surface area contributed by atoms with E-state index >= 15 is 0 Å². The number of anilines is 1. The smallest absolute Gasteiger partial charge is 0.271 e. The Hall–Kier alpha value is -3.18. The third-order valence-electron chi connectivity index (χ3n) is 4.46. The molecule has 1 aromatic heterocycles. The standard InChI is InChI=1S/C21H21ClFN5O4S/c1-12(2)27-20(13(3)32-16-7-4-14(23)5-8-16)25-26-21(27)33-11-19(29)24-18-10-15(28(30)31)6-9-17(18)22/h4-10,12-13H,11H2,1-3H3,(H,24,29). The zero-order chi connectivity index (χ0) is 24.1. The largest absolute Gasteiger partial charge is 0.483 e. The van der Waals surface area contributed by atoms with Crippen LogP contribution < -0.4 is 10.1 Å². The number of halogens is 2. The number of hydrogen-bond acceptors (Lipinski definition) is 7. The van der Waals surface area contributed by atoms with Crippen molar-refractivity contribution < 1.29 is 18.8 Å². The van der Waals surface area contributed by atoms with Gasteiger partial charge in [0.05, 0.1) is 21.4 Å². The Morgan fingerprint density at radius 2 is 1.94 bits per heavy atom. The van der Waals surface area contributed by atoms with Crippen LogP contribution in [-0.2, 0) is 4.79 Å². The molecule has 1 unspecified atom stereocenters. The molecule has 1 N–H and O–H groups in total. The fourth-order valence-electron chi connectivity index (χ4n) is 2.96. The third kappa shape index (κ3) is 6.20. The summed E-state index contributed by atoms with van der Waals surface area (Å²) in [5.41, 5.74) is -0.0227. The third-order valence-corrected chi connectivity index (χ3v) is 5.74. The monoisotopic (exact) mass is 493 g/mol. The average molecular weight is 494 g/mol. The van der Waals surface area contributed by atoms with Crippen LogP contribution >= 0.6 is 23.4 Å². The molecule has 3 rings (SSSR count). The SMILES string of the molecule is CC(Oc1ccc(F)cc1)c1nnc(SCC(=O)Nc2cc([N+](=O)[O-])ccc2Cl)n1C(C)C. The molecule has 0 aliphatic heterocycles. The van der Waals surface area contributed by atoms with Gasteiger partial charge in [-0.05, 0) is 51.1 Å². The molecule has 1 atom stereocenters. The highest BCUT2D eigenvalue weighted by Gasteiger charge is 2.22. The number of nitro benzene ring substituents is 1. The van der Waals surface area contributed by atoms with Crippen molar-refractivity contribution >= 4 is 40.6 Å². The number of non-ortho nitro benzene ring substituents is 1. The highest BCUT2D eigenvalue weighted by atomic mass is 35.5. The number of carbonyl (C=O) groups is 1. The highest BCUT2D eigenvalue weighted by Crippen LogP contribution is 2.29. The fraction of sp³-hybridized carbons (Fsp3) is 0.286. The molecule has 0 aliphatic carbocycles. The van der Waals surface area contributed by atoms with Gasteiger partial charge in [0.2, 0.25) is 5.91 Å². The van der Waals surface area contributed by atoms with Gasteiger partial charge < -0.3 is 14.6 Å². The summed E-state index contributed by atoms with van der Waals surface area (Å²) in [6.07, 6.45) is -0.475. The van der Waals surface area contributed by atoms with E-state index in [4.69, 9.17) is 16.3 Å². The van der Waals surface area contributed by atoms with Crippen LogP contribution in [0.1, 0.15) is 38.7 Å². The van der Waals surface area contributed by atoms with Crippen LogP contribution in [0.3, 0.4) is 0 Å². The van der Waals surface area contributed by atoms with Crippen molar-refractivity contribution in [3.63, 3.8) is 0 Å². The minimum Gasteiger partial charge on any atom is -0.483 e. The fourth-order valence-corrected chi connectivity index (χ4v) is 4.00. The van der Waals surface area contributed by atoms with Gasteiger partial charge in [-0.25, -0.2) is 4.39 Å². The summed E-state index contributed by atoms with van der Waals surface area (Å²) in [7, 11) is 0. The minimum atomic E-state index is -0.567. The zero-order valence-corrected chi connectivity index (χ0v) is 19.6. The molecule has 1 amide bonds. The van der Waals surface area contributed by atoms with Crippen LogP contribution in [0.2, 0.25) is 5.02 Å². The van der Waals surface area contributed by atoms with Gasteiger partial charge in [-0.1, -0.05) is 23.4 Å². The predicted octanol–water partition coefficient (Wildman–Crippen LogP) is 5.43. The summed E-state index contributed by atoms with van der Waals surface area (Å²) < 4.78 is 20.8. The minimum absolute atomic E-state index is 0.0168. The second-order valence-corrected chi connectivity index (χ2v) is 8.63. The lowest BCUT2D eigenvalue weighted by molar-refractivity contribution is -0.384. The van der Waals surface area contributed by atoms with E-state index in [9.17, 15) is 19.3 Å². The molecule has 9 nitrogen and oxygen atoms in total. The first kappa shape index (κ1) is 24.5. The van der Waals surface area contributed by atoms with Gasteiger partial charge in [0, 0.05) is 18.2 Å². The van der Waals surface area contributed by atoms with Crippen molar-refractivity contribution in [3.8, 4) is 5.75 Å². The first-order valence-corrected chi connectivity index (χ1v) is 11.3. The van der Waals surface area contributed by atoms with Gasteiger partial charge in [-0.3, -0.25) is 14.9 Å². The number of amides is 1. The Labute approximate surface area is 198 Å². The molecule has 3 aromatic rings. The number of benzene rings is 2. The Kier molecular flexibility index (Phi) is 7.88. The second-order valence-electron chi connectivity index (χ2n) is 7.28. The van der Waals surface area contributed by atoms with E-state index in [1.807, 2.05) is 18.4 Å². The highest BCUT2D eigenvalue weighted by molar-refractivity contribution is 7.99. The van der Waals surface area contributed by atoms with E-state index < -0.39 is 16.9 Å². The first-order valence-electron chi connectivity index (χ1n) is 9.89. The average Bonchev–Trinajstić information content (AvgIpc) is 3.20. The number of carbonyl (C=O) groups excluding carboxylic acids is 1. The molecule has 12 heteroatoms. The number of nitro groups is 1. The molecule has 0 spiro atoms. The summed E-state index contributed by atoms with van der Waals surface area (Å²) in [5.74, 6) is 0.266. The predicted molar refractivity (Wildman–Crippen MR) is 123 cm³/mol. The number of hydrogen-bond donors (Lipinski definition) is 1. The van der Waals surface area contributed by atoms with Gasteiger partial charge in [0.1, 0.15) is 11.6 Å². The Morgan fingerprint density at radius 1 is 1.24 bits per heavy atom. The van der Waals surface area contributed by atoms with Crippen LogP contribution in [-0.4, -0.2) is 31.3 Å². The van der Waals surface area contributed by atoms with E-state index in [-0.39, 0.29) is 34.0 Å². The maximum absolute atomic E-state index is 13.1. The van der Waals surface area contributed by atoms with E-state index in [0.717, 1.165) is 11.8 Å². The first-order chi connectivity index (χ1) is 15.7. The van der Waals surface area contributed by atoms with Crippen LogP contribution in [0.4, 0.5) is 15.8 Å². The molecule has 1 heterocycles. The van der Waals surface area contributed by atoms with E-state index in [2.05, 4.69) is 15.5 Å². The second kappa shape index (κ2) is 10.6. The van der Waals surface area contributed by atoms with Crippen LogP contribution in [0, 0.1) is 15.9 Å². The van der Waals surface area contributed by atoms with Crippen molar-refractivity contribution in [2.45, 2.75) is 38.1 Å². The molecular weight excluding hydrogens is 473 g/mol. The molecule has 0 bridgehead atoms. The van der Waals surface area contributed by atoms with Gasteiger partial charge in [0.25, 0.3) is 5.69 Å². The molecule has 2 aromatic carbocycles. The van der Waals surface area contributed by atoms with Gasteiger partial charge in [-0.2, -0.15) is 0 Å². The van der Waals surface area contributed by atoms with E-state index in [0.29, 0.717) is 16.7 Å². The van der Waals surface area contributed by atoms with Gasteiger partial charge >= 0.3 is 0 Å². The summed E-state index contributed by atoms with van der Waals surface area (Å²) in [6.45, 7) is 5.70. The Balaban J connectivity index is 1.69. The molecule has 0 saturated heterocycles. The molecule has 33 heavy (non-hydrogen) atoms. The molecular formula is C21H21ClFN5O4S. The maximum atomic E-state index is 13.1. The molecule has 0 radical (unpaired) electrons. The zero-order valence-electron chi connectivity index (χ0n) is 18.0. The van der Waals surface area contributed by atoms with Crippen LogP contribution in [0.25, 0.3) is 0 Å². The van der Waals surface area contributed by atoms with E-state index in [1.54, 1.807) is 6.92 Å². The van der Waals surface area contributed by atoms with Gasteiger partial charge in [0.15, 0.2) is 17.1 Å². The number of aromatic nitrogens is 3. The van der Waals surface area contributed by atoms with Crippen molar-refractivity contribution in [2.24, 2.45) is 0 Å². The normalized spacial score (nSPS) is 11.9. The van der Waals surface area contributed by atoms with Crippen molar-refractivity contribution in [2.75, 3.05) is 11.1 Å².